The molecule has 138 valence electrons. The first-order valence-electron chi connectivity index (χ1n) is 8.16. The smallest absolute Gasteiger partial charge is 0.335 e. The lowest BCUT2D eigenvalue weighted by Crippen LogP contribution is -2.14. The minimum absolute atomic E-state index is 0.0866. The van der Waals surface area contributed by atoms with Gasteiger partial charge in [-0.2, -0.15) is 0 Å². The number of carbonyl (C=O) groups is 1. The largest absolute Gasteiger partial charge is 0.478 e. The highest BCUT2D eigenvalue weighted by molar-refractivity contribution is 7.92. The van der Waals surface area contributed by atoms with Crippen LogP contribution in [0.2, 0.25) is 0 Å². The van der Waals surface area contributed by atoms with Gasteiger partial charge in [0.15, 0.2) is 0 Å². The van der Waals surface area contributed by atoms with E-state index in [0.29, 0.717) is 5.69 Å². The van der Waals surface area contributed by atoms with E-state index in [9.17, 15) is 13.2 Å². The van der Waals surface area contributed by atoms with Gasteiger partial charge in [0.2, 0.25) is 0 Å². The van der Waals surface area contributed by atoms with Crippen LogP contribution in [0, 0.1) is 13.8 Å². The number of nitrogens with zero attached hydrogens (tertiary/aromatic N) is 1. The molecule has 2 aromatic carbocycles. The van der Waals surface area contributed by atoms with Crippen molar-refractivity contribution >= 4 is 21.7 Å². The number of sulfonamides is 1. The molecule has 1 aromatic heterocycles. The Hall–Kier alpha value is -3.19. The fraction of sp³-hybridized carbons (Fsp3) is 0.100. The summed E-state index contributed by atoms with van der Waals surface area (Å²) >= 11 is 0. The molecular weight excluding hydrogens is 364 g/mol. The summed E-state index contributed by atoms with van der Waals surface area (Å²) < 4.78 is 27.7. The second kappa shape index (κ2) is 7.20. The number of benzene rings is 2. The Bertz CT molecular complexity index is 1120. The lowest BCUT2D eigenvalue weighted by atomic mass is 9.98. The van der Waals surface area contributed by atoms with Gasteiger partial charge < -0.3 is 5.11 Å². The molecule has 6 nitrogen and oxygen atoms in total. The van der Waals surface area contributed by atoms with E-state index in [4.69, 9.17) is 5.11 Å². The number of anilines is 1. The highest BCUT2D eigenvalue weighted by Crippen LogP contribution is 2.28. The van der Waals surface area contributed by atoms with Crippen LogP contribution in [0.1, 0.15) is 21.5 Å². The van der Waals surface area contributed by atoms with Crippen LogP contribution in [0.3, 0.4) is 0 Å². The normalized spacial score (nSPS) is 11.2. The van der Waals surface area contributed by atoms with Crippen molar-refractivity contribution in [2.75, 3.05) is 4.72 Å². The van der Waals surface area contributed by atoms with Crippen LogP contribution >= 0.6 is 0 Å². The van der Waals surface area contributed by atoms with Gasteiger partial charge >= 0.3 is 5.97 Å². The van der Waals surface area contributed by atoms with Gasteiger partial charge in [0.1, 0.15) is 0 Å². The lowest BCUT2D eigenvalue weighted by molar-refractivity contribution is 0.0696. The fourth-order valence-corrected chi connectivity index (χ4v) is 3.88. The first-order chi connectivity index (χ1) is 12.8. The Balaban J connectivity index is 1.92. The van der Waals surface area contributed by atoms with E-state index < -0.39 is 16.0 Å². The maximum atomic E-state index is 12.6. The zero-order valence-corrected chi connectivity index (χ0v) is 15.6. The average molecular weight is 382 g/mol. The number of rotatable bonds is 5. The summed E-state index contributed by atoms with van der Waals surface area (Å²) in [5, 5.41) is 9.04. The van der Waals surface area contributed by atoms with E-state index in [2.05, 4.69) is 9.71 Å². The molecule has 0 aliphatic rings. The Kier molecular flexibility index (Phi) is 4.96. The lowest BCUT2D eigenvalue weighted by Gasteiger charge is -2.13. The highest BCUT2D eigenvalue weighted by Gasteiger charge is 2.17. The van der Waals surface area contributed by atoms with Crippen LogP contribution in [0.25, 0.3) is 11.1 Å². The molecule has 7 heteroatoms. The van der Waals surface area contributed by atoms with Crippen molar-refractivity contribution in [2.45, 2.75) is 18.7 Å². The van der Waals surface area contributed by atoms with Crippen molar-refractivity contribution in [3.05, 3.63) is 77.6 Å². The maximum Gasteiger partial charge on any atom is 0.335 e. The van der Waals surface area contributed by atoms with Crippen molar-refractivity contribution in [3.63, 3.8) is 0 Å². The second-order valence-corrected chi connectivity index (χ2v) is 7.84. The van der Waals surface area contributed by atoms with Gasteiger partial charge in [-0.05, 0) is 66.9 Å². The third-order valence-electron chi connectivity index (χ3n) is 4.20. The quantitative estimate of drug-likeness (QED) is 0.698. The Morgan fingerprint density at radius 2 is 1.78 bits per heavy atom. The summed E-state index contributed by atoms with van der Waals surface area (Å²) in [6.07, 6.45) is 3.50. The van der Waals surface area contributed by atoms with Gasteiger partial charge in [-0.3, -0.25) is 9.71 Å². The predicted molar refractivity (Wildman–Crippen MR) is 103 cm³/mol. The SMILES string of the molecule is Cc1cc(NS(=O)(=O)c2cccc(C(=O)O)c2)ccc1-c1cnccc1C. The molecule has 0 spiro atoms. The summed E-state index contributed by atoms with van der Waals surface area (Å²) in [5.74, 6) is -1.18. The van der Waals surface area contributed by atoms with Gasteiger partial charge in [-0.25, -0.2) is 13.2 Å². The molecule has 0 saturated heterocycles. The van der Waals surface area contributed by atoms with E-state index in [-0.39, 0.29) is 10.5 Å². The van der Waals surface area contributed by atoms with E-state index in [1.54, 1.807) is 24.5 Å². The molecule has 2 N–H and O–H groups in total. The monoisotopic (exact) mass is 382 g/mol. The summed E-state index contributed by atoms with van der Waals surface area (Å²) in [5.41, 5.74) is 4.24. The number of nitrogens with one attached hydrogen (secondary N) is 1. The molecule has 0 saturated carbocycles. The topological polar surface area (TPSA) is 96.4 Å². The molecule has 1 heterocycles. The summed E-state index contributed by atoms with van der Waals surface area (Å²) in [6, 6.07) is 12.4. The molecule has 0 amide bonds. The molecule has 0 aliphatic heterocycles. The number of aromatic nitrogens is 1. The summed E-state index contributed by atoms with van der Waals surface area (Å²) in [7, 11) is -3.90. The van der Waals surface area contributed by atoms with Gasteiger partial charge in [0.25, 0.3) is 10.0 Å². The number of hydrogen-bond acceptors (Lipinski definition) is 4. The molecular formula is C20H18N2O4S. The molecule has 0 bridgehead atoms. The molecule has 27 heavy (non-hydrogen) atoms. The third kappa shape index (κ3) is 3.98. The molecule has 0 aliphatic carbocycles. The minimum Gasteiger partial charge on any atom is -0.478 e. The maximum absolute atomic E-state index is 12.6. The molecule has 3 rings (SSSR count). The fourth-order valence-electron chi connectivity index (χ4n) is 2.79. The average Bonchev–Trinajstić information content (AvgIpc) is 2.62. The number of carboxylic acids is 1. The molecule has 0 fully saturated rings. The molecule has 0 unspecified atom stereocenters. The van der Waals surface area contributed by atoms with Crippen LogP contribution in [0.4, 0.5) is 5.69 Å². The van der Waals surface area contributed by atoms with Gasteiger partial charge in [0.05, 0.1) is 10.5 Å². The Morgan fingerprint density at radius 1 is 1.00 bits per heavy atom. The van der Waals surface area contributed by atoms with Gasteiger partial charge in [0, 0.05) is 23.6 Å². The van der Waals surface area contributed by atoms with E-state index in [0.717, 1.165) is 28.3 Å². The standard InChI is InChI=1S/C20H18N2O4S/c1-13-8-9-21-12-19(13)18-7-6-16(10-14(18)2)22-27(25,26)17-5-3-4-15(11-17)20(23)24/h3-12,22H,1-2H3,(H,23,24). The van der Waals surface area contributed by atoms with E-state index in [1.807, 2.05) is 26.0 Å². The van der Waals surface area contributed by atoms with Crippen molar-refractivity contribution < 1.29 is 18.3 Å². The minimum atomic E-state index is -3.90. The molecule has 0 radical (unpaired) electrons. The third-order valence-corrected chi connectivity index (χ3v) is 5.58. The van der Waals surface area contributed by atoms with Crippen LogP contribution in [-0.2, 0) is 10.0 Å². The Labute approximate surface area is 157 Å². The van der Waals surface area contributed by atoms with Crippen molar-refractivity contribution in [1.82, 2.24) is 4.98 Å². The van der Waals surface area contributed by atoms with Crippen LogP contribution in [0.15, 0.2) is 65.8 Å². The molecule has 3 aromatic rings. The zero-order valence-electron chi connectivity index (χ0n) is 14.8. The van der Waals surface area contributed by atoms with Crippen LogP contribution in [0.5, 0.6) is 0 Å². The molecule has 0 atom stereocenters. The van der Waals surface area contributed by atoms with E-state index >= 15 is 0 Å². The summed E-state index contributed by atoms with van der Waals surface area (Å²) in [6.45, 7) is 3.88. The van der Waals surface area contributed by atoms with E-state index in [1.165, 1.54) is 18.2 Å². The number of aromatic carboxylic acids is 1. The first-order valence-corrected chi connectivity index (χ1v) is 9.64. The van der Waals surface area contributed by atoms with Gasteiger partial charge in [-0.15, -0.1) is 0 Å². The van der Waals surface area contributed by atoms with Crippen LogP contribution < -0.4 is 4.72 Å². The summed E-state index contributed by atoms with van der Waals surface area (Å²) in [4.78, 5) is 15.1. The van der Waals surface area contributed by atoms with Crippen LogP contribution in [-0.4, -0.2) is 24.5 Å². The second-order valence-electron chi connectivity index (χ2n) is 6.16. The Morgan fingerprint density at radius 3 is 2.44 bits per heavy atom. The highest BCUT2D eigenvalue weighted by atomic mass is 32.2. The number of pyridine rings is 1. The van der Waals surface area contributed by atoms with Crippen molar-refractivity contribution in [1.29, 1.82) is 0 Å². The van der Waals surface area contributed by atoms with Gasteiger partial charge in [-0.1, -0.05) is 12.1 Å². The predicted octanol–water partition coefficient (Wildman–Crippen LogP) is 3.86. The number of aryl methyl sites for hydroxylation is 2. The number of hydrogen-bond donors (Lipinski definition) is 2. The van der Waals surface area contributed by atoms with Crippen molar-refractivity contribution in [2.24, 2.45) is 0 Å². The zero-order chi connectivity index (χ0) is 19.6. The first kappa shape index (κ1) is 18.6. The van der Waals surface area contributed by atoms with Crippen molar-refractivity contribution in [3.8, 4) is 11.1 Å². The number of carboxylic acid groups (broad SMARTS) is 1.